The molecule has 1 atom stereocenters. The Balaban J connectivity index is 1.79. The van der Waals surface area contributed by atoms with Crippen molar-refractivity contribution in [3.8, 4) is 0 Å². The number of carbonyl (C=O) groups is 2. The smallest absolute Gasteiger partial charge is 0.220 e. The van der Waals surface area contributed by atoms with E-state index in [0.717, 1.165) is 31.9 Å². The van der Waals surface area contributed by atoms with E-state index >= 15 is 0 Å². The number of morpholine rings is 1. The lowest BCUT2D eigenvalue weighted by Gasteiger charge is -2.36. The predicted molar refractivity (Wildman–Crippen MR) is 104 cm³/mol. The van der Waals surface area contributed by atoms with Gasteiger partial charge in [0, 0.05) is 44.1 Å². The van der Waals surface area contributed by atoms with Gasteiger partial charge in [0.1, 0.15) is 0 Å². The van der Waals surface area contributed by atoms with E-state index in [1.54, 1.807) is 0 Å². The van der Waals surface area contributed by atoms with E-state index in [-0.39, 0.29) is 24.5 Å². The van der Waals surface area contributed by atoms with Gasteiger partial charge in [0.2, 0.25) is 5.91 Å². The minimum absolute atomic E-state index is 0.0249. The summed E-state index contributed by atoms with van der Waals surface area (Å²) >= 11 is 0. The van der Waals surface area contributed by atoms with Crippen LogP contribution in [0.4, 0.5) is 0 Å². The van der Waals surface area contributed by atoms with Gasteiger partial charge in [-0.15, -0.1) is 0 Å². The lowest BCUT2D eigenvalue weighted by Crippen LogP contribution is -2.51. The van der Waals surface area contributed by atoms with Crippen LogP contribution in [0.25, 0.3) is 0 Å². The lowest BCUT2D eigenvalue weighted by atomic mass is 10.0. The standard InChI is InChI=1S/C21H32N2O3/c1-15(2)19(23-9-11-26-12-10-23)14-22-21(25)8-7-20(24)18-6-5-16(3)17(4)13-18/h5-6,13,15,19H,7-12,14H2,1-4H3,(H,22,25). The van der Waals surface area contributed by atoms with Crippen molar-refractivity contribution in [2.24, 2.45) is 5.92 Å². The molecule has 0 radical (unpaired) electrons. The van der Waals surface area contributed by atoms with Crippen molar-refractivity contribution in [3.63, 3.8) is 0 Å². The summed E-state index contributed by atoms with van der Waals surface area (Å²) in [5, 5.41) is 3.02. The second-order valence-corrected chi connectivity index (χ2v) is 7.49. The van der Waals surface area contributed by atoms with Gasteiger partial charge in [0.05, 0.1) is 13.2 Å². The van der Waals surface area contributed by atoms with Crippen molar-refractivity contribution < 1.29 is 14.3 Å². The number of hydrogen-bond donors (Lipinski definition) is 1. The van der Waals surface area contributed by atoms with E-state index in [9.17, 15) is 9.59 Å². The van der Waals surface area contributed by atoms with Crippen molar-refractivity contribution >= 4 is 11.7 Å². The molecule has 2 rings (SSSR count). The van der Waals surface area contributed by atoms with Crippen LogP contribution in [0.3, 0.4) is 0 Å². The van der Waals surface area contributed by atoms with Crippen LogP contribution in [-0.2, 0) is 9.53 Å². The lowest BCUT2D eigenvalue weighted by molar-refractivity contribution is -0.121. The number of benzene rings is 1. The molecular weight excluding hydrogens is 328 g/mol. The van der Waals surface area contributed by atoms with Crippen LogP contribution in [-0.4, -0.2) is 55.5 Å². The molecule has 26 heavy (non-hydrogen) atoms. The van der Waals surface area contributed by atoms with Gasteiger partial charge >= 0.3 is 0 Å². The molecule has 5 heteroatoms. The van der Waals surface area contributed by atoms with Gasteiger partial charge < -0.3 is 10.1 Å². The normalized spacial score (nSPS) is 16.5. The van der Waals surface area contributed by atoms with E-state index in [0.29, 0.717) is 24.1 Å². The maximum atomic E-state index is 12.3. The largest absolute Gasteiger partial charge is 0.379 e. The number of carbonyl (C=O) groups excluding carboxylic acids is 2. The summed E-state index contributed by atoms with van der Waals surface area (Å²) in [6.07, 6.45) is 0.484. The average molecular weight is 360 g/mol. The number of hydrogen-bond acceptors (Lipinski definition) is 4. The molecule has 0 saturated carbocycles. The summed E-state index contributed by atoms with van der Waals surface area (Å²) in [6, 6.07) is 6.01. The van der Waals surface area contributed by atoms with E-state index < -0.39 is 0 Å². The zero-order valence-electron chi connectivity index (χ0n) is 16.5. The summed E-state index contributed by atoms with van der Waals surface area (Å²) in [4.78, 5) is 26.9. The SMILES string of the molecule is Cc1ccc(C(=O)CCC(=O)NCC(C(C)C)N2CCOCC2)cc1C. The fourth-order valence-electron chi connectivity index (χ4n) is 3.29. The zero-order chi connectivity index (χ0) is 19.1. The molecule has 1 aliphatic rings. The molecule has 1 N–H and O–H groups in total. The van der Waals surface area contributed by atoms with Crippen molar-refractivity contribution in [2.45, 2.75) is 46.6 Å². The molecule has 1 amide bonds. The van der Waals surface area contributed by atoms with Crippen molar-refractivity contribution in [2.75, 3.05) is 32.8 Å². The number of nitrogens with zero attached hydrogens (tertiary/aromatic N) is 1. The number of nitrogens with one attached hydrogen (secondary N) is 1. The quantitative estimate of drug-likeness (QED) is 0.724. The molecule has 0 bridgehead atoms. The third-order valence-corrected chi connectivity index (χ3v) is 5.20. The van der Waals surface area contributed by atoms with E-state index in [4.69, 9.17) is 4.74 Å². The van der Waals surface area contributed by atoms with Crippen LogP contribution in [0.5, 0.6) is 0 Å². The van der Waals surface area contributed by atoms with Gasteiger partial charge in [-0.25, -0.2) is 0 Å². The van der Waals surface area contributed by atoms with Gasteiger partial charge in [-0.1, -0.05) is 26.0 Å². The molecule has 1 unspecified atom stereocenters. The van der Waals surface area contributed by atoms with Gasteiger partial charge in [0.25, 0.3) is 0 Å². The number of ketones is 1. The average Bonchev–Trinajstić information content (AvgIpc) is 2.62. The maximum Gasteiger partial charge on any atom is 0.220 e. The number of rotatable bonds is 8. The molecule has 5 nitrogen and oxygen atoms in total. The first-order valence-corrected chi connectivity index (χ1v) is 9.57. The highest BCUT2D eigenvalue weighted by atomic mass is 16.5. The predicted octanol–water partition coefficient (Wildman–Crippen LogP) is 2.74. The molecule has 144 valence electrons. The Labute approximate surface area is 157 Å². The summed E-state index contributed by atoms with van der Waals surface area (Å²) in [7, 11) is 0. The van der Waals surface area contributed by atoms with E-state index in [2.05, 4.69) is 24.1 Å². The molecule has 1 aromatic rings. The summed E-state index contributed by atoms with van der Waals surface area (Å²) in [5.74, 6) is 0.420. The Kier molecular flexibility index (Phi) is 7.79. The number of Topliss-reactive ketones (excluding diaryl/α,β-unsaturated/α-hetero) is 1. The Bertz CT molecular complexity index is 622. The first kappa shape index (κ1) is 20.6. The number of aryl methyl sites for hydroxylation is 2. The highest BCUT2D eigenvalue weighted by Gasteiger charge is 2.24. The second kappa shape index (κ2) is 9.83. The second-order valence-electron chi connectivity index (χ2n) is 7.49. The monoisotopic (exact) mass is 360 g/mol. The molecule has 1 heterocycles. The number of amides is 1. The van der Waals surface area contributed by atoms with Crippen LogP contribution >= 0.6 is 0 Å². The van der Waals surface area contributed by atoms with Gasteiger partial charge in [-0.3, -0.25) is 14.5 Å². The molecule has 0 spiro atoms. The molecule has 0 aromatic heterocycles. The Morgan fingerprint density at radius 2 is 1.81 bits per heavy atom. The van der Waals surface area contributed by atoms with Crippen LogP contribution in [0.15, 0.2) is 18.2 Å². The van der Waals surface area contributed by atoms with Crippen LogP contribution < -0.4 is 5.32 Å². The van der Waals surface area contributed by atoms with Crippen molar-refractivity contribution in [1.82, 2.24) is 10.2 Å². The topological polar surface area (TPSA) is 58.6 Å². The van der Waals surface area contributed by atoms with E-state index in [1.165, 1.54) is 5.56 Å². The first-order valence-electron chi connectivity index (χ1n) is 9.57. The molecule has 1 saturated heterocycles. The highest BCUT2D eigenvalue weighted by Crippen LogP contribution is 2.14. The van der Waals surface area contributed by atoms with Gasteiger partial charge in [0.15, 0.2) is 5.78 Å². The molecule has 1 fully saturated rings. The van der Waals surface area contributed by atoms with Crippen molar-refractivity contribution in [1.29, 1.82) is 0 Å². The van der Waals surface area contributed by atoms with Crippen LogP contribution in [0.1, 0.15) is 48.2 Å². The fourth-order valence-corrected chi connectivity index (χ4v) is 3.29. The summed E-state index contributed by atoms with van der Waals surface area (Å²) in [5.41, 5.74) is 2.96. The maximum absolute atomic E-state index is 12.3. The van der Waals surface area contributed by atoms with Crippen molar-refractivity contribution in [3.05, 3.63) is 34.9 Å². The third kappa shape index (κ3) is 5.92. The molecule has 1 aliphatic heterocycles. The van der Waals surface area contributed by atoms with Gasteiger partial charge in [-0.05, 0) is 37.0 Å². The van der Waals surface area contributed by atoms with Crippen LogP contribution in [0, 0.1) is 19.8 Å². The molecule has 1 aromatic carbocycles. The Hall–Kier alpha value is -1.72. The van der Waals surface area contributed by atoms with E-state index in [1.807, 2.05) is 32.0 Å². The molecule has 0 aliphatic carbocycles. The zero-order valence-corrected chi connectivity index (χ0v) is 16.5. The summed E-state index contributed by atoms with van der Waals surface area (Å²) in [6.45, 7) is 12.3. The molecular formula is C21H32N2O3. The first-order chi connectivity index (χ1) is 12.4. The highest BCUT2D eigenvalue weighted by molar-refractivity contribution is 5.98. The van der Waals surface area contributed by atoms with Gasteiger partial charge in [-0.2, -0.15) is 0 Å². The Morgan fingerprint density at radius 3 is 2.42 bits per heavy atom. The fraction of sp³-hybridized carbons (Fsp3) is 0.619. The Morgan fingerprint density at radius 1 is 1.12 bits per heavy atom. The summed E-state index contributed by atoms with van der Waals surface area (Å²) < 4.78 is 5.41. The van der Waals surface area contributed by atoms with Crippen LogP contribution in [0.2, 0.25) is 0 Å². The minimum Gasteiger partial charge on any atom is -0.379 e. The number of ether oxygens (including phenoxy) is 1. The minimum atomic E-state index is -0.0545. The third-order valence-electron chi connectivity index (χ3n) is 5.20.